The summed E-state index contributed by atoms with van der Waals surface area (Å²) in [6.45, 7) is 7.56. The van der Waals surface area contributed by atoms with E-state index in [9.17, 15) is 82.1 Å². The summed E-state index contributed by atoms with van der Waals surface area (Å²) in [5.74, 6) is -13.0. The number of rotatable bonds is 44. The van der Waals surface area contributed by atoms with Gasteiger partial charge in [-0.3, -0.25) is 77.1 Å². The SMILES string of the molecule is CSCC[C@H](NC(=O)[C@H](CS)NC(=O)[C@H](C)NC(=O)[C@H](CCCN=C(N)N)NC(=O)C1CCC(=O)N1)C(=O)N1CCC[C@H]1C(=O)N[C@@H](CC(C)C)C(=O)N[C@@H](Cc1cnc[nH]1)C(=O)N[C@@H](CO)C(=O)N[C@@H](CCCN=C(N)N)C(=O)N[C@H](C(=O)N1CCC[C@H]1C(=O)N[C@@H](Cc1ccccc1)C(=O)N1CCC[C@H]1C(=O)O)C(C)C. The van der Waals surface area contributed by atoms with Crippen LogP contribution in [0.1, 0.15) is 136 Å². The number of benzene rings is 1. The van der Waals surface area contributed by atoms with Crippen molar-refractivity contribution in [3.05, 3.63) is 54.1 Å². The molecular weight excluding hydrogens is 1510 g/mol. The lowest BCUT2D eigenvalue weighted by molar-refractivity contribution is -0.150. The third kappa shape index (κ3) is 28.1. The van der Waals surface area contributed by atoms with Crippen LogP contribution >= 0.6 is 24.4 Å². The van der Waals surface area contributed by atoms with Gasteiger partial charge in [0.1, 0.15) is 84.6 Å². The van der Waals surface area contributed by atoms with E-state index in [2.05, 4.69) is 91.1 Å². The summed E-state index contributed by atoms with van der Waals surface area (Å²) in [5.41, 5.74) is 23.1. The molecule has 14 atom stereocenters. The van der Waals surface area contributed by atoms with Crippen LogP contribution in [0.4, 0.5) is 0 Å². The zero-order chi connectivity index (χ0) is 83.2. The van der Waals surface area contributed by atoms with E-state index in [4.69, 9.17) is 22.9 Å². The van der Waals surface area contributed by atoms with Gasteiger partial charge >= 0.3 is 5.97 Å². The smallest absolute Gasteiger partial charge is 0.326 e. The number of carbonyl (C=O) groups excluding carboxylic acids is 14. The quantitative estimate of drug-likeness (QED) is 0.0128. The van der Waals surface area contributed by atoms with Gasteiger partial charge in [0, 0.05) is 69.6 Å². The number of nitrogens with one attached hydrogen (secondary N) is 12. The van der Waals surface area contributed by atoms with Crippen LogP contribution in [0.25, 0.3) is 0 Å². The van der Waals surface area contributed by atoms with E-state index in [1.807, 2.05) is 0 Å². The fraction of sp³-hybridized carbons (Fsp3) is 0.639. The molecule has 6 rings (SSSR count). The molecule has 1 unspecified atom stereocenters. The number of amides is 14. The topological polar surface area (TPSA) is 596 Å². The molecule has 624 valence electrons. The fourth-order valence-electron chi connectivity index (χ4n) is 13.6. The number of carbonyl (C=O) groups is 15. The first-order valence-corrected chi connectivity index (χ1v) is 40.1. The number of imidazole rings is 1. The zero-order valence-electron chi connectivity index (χ0n) is 64.6. The first-order valence-electron chi connectivity index (χ1n) is 38.1. The van der Waals surface area contributed by atoms with Crippen molar-refractivity contribution in [3.8, 4) is 0 Å². The molecule has 41 heteroatoms. The number of thioether (sulfide) groups is 1. The van der Waals surface area contributed by atoms with E-state index < -0.39 is 180 Å². The minimum atomic E-state index is -1.80. The molecule has 14 amide bonds. The number of aliphatic hydroxyl groups is 1. The Labute approximate surface area is 665 Å². The van der Waals surface area contributed by atoms with E-state index in [0.29, 0.717) is 36.3 Å². The number of hydrogen-bond donors (Lipinski definition) is 19. The summed E-state index contributed by atoms with van der Waals surface area (Å²) in [4.78, 5) is 228. The maximum Gasteiger partial charge on any atom is 0.326 e. The molecule has 0 radical (unpaired) electrons. The van der Waals surface area contributed by atoms with E-state index in [1.165, 1.54) is 45.9 Å². The average Bonchev–Trinajstić information content (AvgIpc) is 1.72. The Morgan fingerprint density at radius 1 is 0.566 bits per heavy atom. The Kier molecular flexibility index (Phi) is 36.8. The number of aliphatic carboxylic acids is 1. The third-order valence-corrected chi connectivity index (χ3v) is 20.7. The molecule has 5 heterocycles. The van der Waals surface area contributed by atoms with Gasteiger partial charge in [-0.2, -0.15) is 24.4 Å². The first-order chi connectivity index (χ1) is 53.7. The van der Waals surface area contributed by atoms with Crippen molar-refractivity contribution in [2.24, 2.45) is 44.8 Å². The molecule has 0 aliphatic carbocycles. The van der Waals surface area contributed by atoms with Crippen LogP contribution in [0.3, 0.4) is 0 Å². The fourth-order valence-corrected chi connectivity index (χ4v) is 14.4. The van der Waals surface area contributed by atoms with Gasteiger partial charge in [-0.05, 0) is 120 Å². The number of nitrogens with zero attached hydrogens (tertiary/aromatic N) is 6. The summed E-state index contributed by atoms with van der Waals surface area (Å²) in [5, 5.41) is 49.7. The molecule has 1 aromatic carbocycles. The molecule has 2 aromatic rings. The molecule has 4 saturated heterocycles. The number of thiol groups is 1. The monoisotopic (exact) mass is 1620 g/mol. The Balaban J connectivity index is 1.12. The molecule has 22 N–H and O–H groups in total. The molecule has 1 aromatic heterocycles. The number of likely N-dealkylation sites (tertiary alicyclic amines) is 3. The number of carboxylic acid groups (broad SMARTS) is 1. The lowest BCUT2D eigenvalue weighted by Crippen LogP contribution is -2.62. The van der Waals surface area contributed by atoms with Gasteiger partial charge in [0.05, 0.1) is 12.9 Å². The van der Waals surface area contributed by atoms with Gasteiger partial charge in [-0.1, -0.05) is 58.0 Å². The highest BCUT2D eigenvalue weighted by Gasteiger charge is 2.45. The van der Waals surface area contributed by atoms with E-state index in [1.54, 1.807) is 64.3 Å². The minimum Gasteiger partial charge on any atom is -0.480 e. The van der Waals surface area contributed by atoms with Crippen LogP contribution in [-0.4, -0.2) is 277 Å². The number of aromatic amines is 1. The van der Waals surface area contributed by atoms with Gasteiger partial charge in [-0.15, -0.1) is 0 Å². The van der Waals surface area contributed by atoms with Gasteiger partial charge in [0.2, 0.25) is 82.7 Å². The maximum absolute atomic E-state index is 14.7. The van der Waals surface area contributed by atoms with Crippen LogP contribution < -0.4 is 81.4 Å². The largest absolute Gasteiger partial charge is 0.480 e. The van der Waals surface area contributed by atoms with E-state index in [0.717, 1.165) is 0 Å². The van der Waals surface area contributed by atoms with Crippen LogP contribution in [-0.2, 0) is 84.8 Å². The lowest BCUT2D eigenvalue weighted by atomic mass is 10.0. The molecule has 4 aliphatic heterocycles. The van der Waals surface area contributed by atoms with Crippen molar-refractivity contribution in [2.45, 2.75) is 222 Å². The zero-order valence-corrected chi connectivity index (χ0v) is 66.3. The molecule has 4 fully saturated rings. The summed E-state index contributed by atoms with van der Waals surface area (Å²) < 4.78 is 0. The summed E-state index contributed by atoms with van der Waals surface area (Å²) in [6.07, 6.45) is 6.51. The van der Waals surface area contributed by atoms with Crippen LogP contribution in [0.2, 0.25) is 0 Å². The number of guanidine groups is 2. The van der Waals surface area contributed by atoms with Crippen LogP contribution in [0, 0.1) is 11.8 Å². The molecule has 0 spiro atoms. The average molecular weight is 1620 g/mol. The molecular formula is C72H112N22O17S2. The van der Waals surface area contributed by atoms with Gasteiger partial charge in [0.25, 0.3) is 0 Å². The normalized spacial score (nSPS) is 19.2. The number of aliphatic imine (C=N–C) groups is 2. The maximum atomic E-state index is 14.7. The Hall–Kier alpha value is -10.3. The van der Waals surface area contributed by atoms with Crippen molar-refractivity contribution >= 4 is 125 Å². The number of aliphatic hydroxyl groups excluding tert-OH is 1. The predicted molar refractivity (Wildman–Crippen MR) is 418 cm³/mol. The standard InChI is InChI=1S/C72H112N22O17S2/c1-38(2)31-47(87-65(105)52-19-12-27-92(52)67(107)46(24-30-113-6)85-64(104)51(36-112)90-57(97)40(5)81-58(98)43(17-10-25-78-71(73)74)83-59(99)45-22-23-55(96)82-45)61(101)86-48(33-42-34-77-37-80-42)62(102)89-50(35-95)63(103)84-44(18-11-26-79-72(75)76)60(100)91-56(39(3)4)69(109)93-28-13-20-53(93)66(106)88-49(32-41-15-8-7-9-16-41)68(108)94-29-14-21-54(94)70(110)111/h7-9,15-16,34,37-40,43-54,56,95,112H,10-14,17-33,35-36H2,1-6H3,(H,77,80)(H,81,98)(H,82,96)(H,83,99)(H,84,103)(H,85,104)(H,86,101)(H,87,105)(H,88,106)(H,89,102)(H,90,97)(H,91,100)(H,110,111)(H4,73,74,78)(H4,75,76,79)/t40-,43-,44-,45?,46-,47-,48-,49-,50-,51-,52-,53-,54-,56-/m0/s1. The van der Waals surface area contributed by atoms with Crippen LogP contribution in [0.15, 0.2) is 52.8 Å². The molecule has 0 saturated carbocycles. The van der Waals surface area contributed by atoms with Crippen molar-refractivity contribution in [3.63, 3.8) is 0 Å². The van der Waals surface area contributed by atoms with Gasteiger partial charge in [0.15, 0.2) is 11.9 Å². The second-order valence-corrected chi connectivity index (χ2v) is 30.5. The van der Waals surface area contributed by atoms with E-state index in [-0.39, 0.29) is 146 Å². The Morgan fingerprint density at radius 3 is 1.58 bits per heavy atom. The van der Waals surface area contributed by atoms with Crippen molar-refractivity contribution in [2.75, 3.05) is 57.1 Å². The highest BCUT2D eigenvalue weighted by atomic mass is 32.2. The van der Waals surface area contributed by atoms with Gasteiger partial charge in [-0.25, -0.2) is 9.78 Å². The molecule has 4 aliphatic rings. The van der Waals surface area contributed by atoms with Crippen LogP contribution in [0.5, 0.6) is 0 Å². The number of hydrogen-bond acceptors (Lipinski definition) is 21. The second kappa shape index (κ2) is 45.4. The molecule has 0 bridgehead atoms. The Bertz CT molecular complexity index is 3700. The summed E-state index contributed by atoms with van der Waals surface area (Å²) in [6, 6.07) is -9.20. The van der Waals surface area contributed by atoms with Crippen molar-refractivity contribution in [1.82, 2.24) is 83.2 Å². The Morgan fingerprint density at radius 2 is 1.05 bits per heavy atom. The summed E-state index contributed by atoms with van der Waals surface area (Å²) in [7, 11) is 0. The van der Waals surface area contributed by atoms with Crippen molar-refractivity contribution < 1.29 is 82.1 Å². The van der Waals surface area contributed by atoms with E-state index >= 15 is 0 Å². The number of aromatic nitrogens is 2. The highest BCUT2D eigenvalue weighted by molar-refractivity contribution is 7.98. The first kappa shape index (κ1) is 91.6. The third-order valence-electron chi connectivity index (χ3n) is 19.7. The number of H-pyrrole nitrogens is 1. The second-order valence-electron chi connectivity index (χ2n) is 29.2. The van der Waals surface area contributed by atoms with Crippen molar-refractivity contribution in [1.29, 1.82) is 0 Å². The number of nitrogens with two attached hydrogens (primary N) is 4. The van der Waals surface area contributed by atoms with Gasteiger partial charge < -0.3 is 111 Å². The lowest BCUT2D eigenvalue weighted by Gasteiger charge is -2.33. The number of carboxylic acids is 1. The molecule has 113 heavy (non-hydrogen) atoms. The highest BCUT2D eigenvalue weighted by Crippen LogP contribution is 2.25. The predicted octanol–water partition coefficient (Wildman–Crippen LogP) is -5.12. The minimum absolute atomic E-state index is 0.00146. The molecule has 39 nitrogen and oxygen atoms in total. The summed E-state index contributed by atoms with van der Waals surface area (Å²) >= 11 is 5.68.